The fourth-order valence-corrected chi connectivity index (χ4v) is 1.65. The van der Waals surface area contributed by atoms with E-state index in [1.807, 2.05) is 0 Å². The van der Waals surface area contributed by atoms with Crippen molar-refractivity contribution in [2.45, 2.75) is 12.2 Å². The van der Waals surface area contributed by atoms with E-state index in [0.717, 1.165) is 6.07 Å². The summed E-state index contributed by atoms with van der Waals surface area (Å²) in [4.78, 5) is 0. The highest BCUT2D eigenvalue weighted by Crippen LogP contribution is 2.28. The van der Waals surface area contributed by atoms with Crippen LogP contribution in [0.2, 0.25) is 0 Å². The van der Waals surface area contributed by atoms with Crippen LogP contribution in [0.3, 0.4) is 0 Å². The molecule has 0 aromatic heterocycles. The third kappa shape index (κ3) is 2.69. The summed E-state index contributed by atoms with van der Waals surface area (Å²) in [5.74, 6) is -1.90. The number of aliphatic hydroxyl groups excluding tert-OH is 2. The van der Waals surface area contributed by atoms with Crippen LogP contribution in [0.1, 0.15) is 11.7 Å². The Kier molecular flexibility index (Phi) is 4.51. The Morgan fingerprint density at radius 3 is 2.47 bits per heavy atom. The largest absolute Gasteiger partial charge is 0.389 e. The first kappa shape index (κ1) is 12.9. The van der Waals surface area contributed by atoms with E-state index >= 15 is 0 Å². The van der Waals surface area contributed by atoms with Gasteiger partial charge < -0.3 is 10.2 Å². The molecule has 1 aromatic rings. The SMILES string of the molecule is OC(CS)C(O)c1c(F)ccc(Br)c1F. The standard InChI is InChI=1S/C9H9BrF2O2S/c10-4-1-2-5(11)7(8(4)12)9(14)6(13)3-15/h1-2,6,9,13-15H,3H2. The van der Waals surface area contributed by atoms with Crippen molar-refractivity contribution in [1.82, 2.24) is 0 Å². The molecule has 0 aliphatic rings. The van der Waals surface area contributed by atoms with E-state index in [1.54, 1.807) is 0 Å². The summed E-state index contributed by atoms with van der Waals surface area (Å²) in [7, 11) is 0. The lowest BCUT2D eigenvalue weighted by atomic mass is 10.0. The van der Waals surface area contributed by atoms with Crippen molar-refractivity contribution < 1.29 is 19.0 Å². The van der Waals surface area contributed by atoms with Gasteiger partial charge in [0, 0.05) is 5.75 Å². The number of thiol groups is 1. The van der Waals surface area contributed by atoms with Crippen LogP contribution in [-0.4, -0.2) is 22.1 Å². The molecule has 0 saturated carbocycles. The van der Waals surface area contributed by atoms with Crippen LogP contribution in [-0.2, 0) is 0 Å². The van der Waals surface area contributed by atoms with E-state index in [0.29, 0.717) is 0 Å². The summed E-state index contributed by atoms with van der Waals surface area (Å²) in [6, 6.07) is 2.20. The molecular weight excluding hydrogens is 290 g/mol. The van der Waals surface area contributed by atoms with Gasteiger partial charge in [0.25, 0.3) is 0 Å². The summed E-state index contributed by atoms with van der Waals surface area (Å²) in [6.45, 7) is 0. The van der Waals surface area contributed by atoms with Crippen molar-refractivity contribution in [3.8, 4) is 0 Å². The summed E-state index contributed by atoms with van der Waals surface area (Å²) in [5.41, 5.74) is -0.550. The summed E-state index contributed by atoms with van der Waals surface area (Å²) >= 11 is 6.60. The van der Waals surface area contributed by atoms with Gasteiger partial charge in [0.1, 0.15) is 17.7 Å². The topological polar surface area (TPSA) is 40.5 Å². The number of rotatable bonds is 3. The van der Waals surface area contributed by atoms with Gasteiger partial charge in [-0.05, 0) is 28.1 Å². The van der Waals surface area contributed by atoms with Gasteiger partial charge in [0.15, 0.2) is 0 Å². The monoisotopic (exact) mass is 298 g/mol. The average Bonchev–Trinajstić information content (AvgIpc) is 2.22. The van der Waals surface area contributed by atoms with Gasteiger partial charge in [-0.3, -0.25) is 0 Å². The molecule has 1 rings (SSSR count). The molecule has 0 fully saturated rings. The fourth-order valence-electron chi connectivity index (χ4n) is 1.11. The minimum atomic E-state index is -1.63. The van der Waals surface area contributed by atoms with Crippen molar-refractivity contribution in [2.24, 2.45) is 0 Å². The molecule has 0 bridgehead atoms. The van der Waals surface area contributed by atoms with Gasteiger partial charge in [-0.15, -0.1) is 0 Å². The number of hydrogen-bond acceptors (Lipinski definition) is 3. The molecule has 0 radical (unpaired) electrons. The Morgan fingerprint density at radius 2 is 1.93 bits per heavy atom. The molecule has 2 unspecified atom stereocenters. The van der Waals surface area contributed by atoms with Crippen molar-refractivity contribution in [2.75, 3.05) is 5.75 Å². The predicted molar refractivity (Wildman–Crippen MR) is 58.9 cm³/mol. The molecule has 84 valence electrons. The zero-order valence-electron chi connectivity index (χ0n) is 7.49. The average molecular weight is 299 g/mol. The molecule has 0 aliphatic heterocycles. The van der Waals surface area contributed by atoms with E-state index < -0.39 is 29.4 Å². The van der Waals surface area contributed by atoms with Crippen LogP contribution < -0.4 is 0 Å². The lowest BCUT2D eigenvalue weighted by Crippen LogP contribution is -2.22. The second-order valence-electron chi connectivity index (χ2n) is 2.95. The molecule has 0 saturated heterocycles. The number of hydrogen-bond donors (Lipinski definition) is 3. The van der Waals surface area contributed by atoms with E-state index in [-0.39, 0.29) is 10.2 Å². The van der Waals surface area contributed by atoms with Crippen molar-refractivity contribution in [1.29, 1.82) is 0 Å². The van der Waals surface area contributed by atoms with Crippen LogP contribution in [0.25, 0.3) is 0 Å². The maximum absolute atomic E-state index is 13.4. The van der Waals surface area contributed by atoms with E-state index in [4.69, 9.17) is 0 Å². The first-order valence-electron chi connectivity index (χ1n) is 4.09. The minimum absolute atomic E-state index is 0.0318. The van der Waals surface area contributed by atoms with Crippen molar-refractivity contribution >= 4 is 28.6 Å². The Bertz CT molecular complexity index is 362. The Labute approximate surface area is 99.5 Å². The molecule has 2 N–H and O–H groups in total. The maximum atomic E-state index is 13.4. The Balaban J connectivity index is 3.18. The maximum Gasteiger partial charge on any atom is 0.146 e. The first-order valence-corrected chi connectivity index (χ1v) is 5.52. The van der Waals surface area contributed by atoms with E-state index in [9.17, 15) is 19.0 Å². The molecule has 2 nitrogen and oxygen atoms in total. The number of benzene rings is 1. The highest BCUT2D eigenvalue weighted by atomic mass is 79.9. The van der Waals surface area contributed by atoms with Gasteiger partial charge in [-0.25, -0.2) is 8.78 Å². The molecule has 0 aliphatic carbocycles. The van der Waals surface area contributed by atoms with Gasteiger partial charge in [-0.2, -0.15) is 12.6 Å². The van der Waals surface area contributed by atoms with Crippen LogP contribution in [0.15, 0.2) is 16.6 Å². The van der Waals surface area contributed by atoms with Gasteiger partial charge >= 0.3 is 0 Å². The quantitative estimate of drug-likeness (QED) is 0.590. The van der Waals surface area contributed by atoms with Crippen molar-refractivity contribution in [3.05, 3.63) is 33.8 Å². The number of halogens is 3. The van der Waals surface area contributed by atoms with Crippen molar-refractivity contribution in [3.63, 3.8) is 0 Å². The second-order valence-corrected chi connectivity index (χ2v) is 4.17. The number of aliphatic hydroxyl groups is 2. The molecule has 0 amide bonds. The second kappa shape index (κ2) is 5.25. The van der Waals surface area contributed by atoms with Crippen LogP contribution in [0.5, 0.6) is 0 Å². The minimum Gasteiger partial charge on any atom is -0.389 e. The molecule has 6 heteroatoms. The first-order chi connectivity index (χ1) is 6.99. The van der Waals surface area contributed by atoms with Gasteiger partial charge in [-0.1, -0.05) is 0 Å². The Morgan fingerprint density at radius 1 is 1.33 bits per heavy atom. The third-order valence-corrected chi connectivity index (χ3v) is 2.91. The molecule has 15 heavy (non-hydrogen) atoms. The van der Waals surface area contributed by atoms with Crippen LogP contribution in [0, 0.1) is 11.6 Å². The third-order valence-electron chi connectivity index (χ3n) is 1.93. The lowest BCUT2D eigenvalue weighted by Gasteiger charge is -2.17. The van der Waals surface area contributed by atoms with Crippen LogP contribution in [0.4, 0.5) is 8.78 Å². The smallest absolute Gasteiger partial charge is 0.146 e. The zero-order chi connectivity index (χ0) is 11.6. The lowest BCUT2D eigenvalue weighted by molar-refractivity contribution is 0.0290. The van der Waals surface area contributed by atoms with Gasteiger partial charge in [0.2, 0.25) is 0 Å². The summed E-state index contributed by atoms with van der Waals surface area (Å²) in [6.07, 6.45) is -2.94. The van der Waals surface area contributed by atoms with Crippen LogP contribution >= 0.6 is 28.6 Å². The summed E-state index contributed by atoms with van der Waals surface area (Å²) < 4.78 is 26.7. The Hall–Kier alpha value is -0.170. The van der Waals surface area contributed by atoms with E-state index in [2.05, 4.69) is 28.6 Å². The normalized spacial score (nSPS) is 15.1. The molecule has 1 aromatic carbocycles. The molecule has 0 spiro atoms. The van der Waals surface area contributed by atoms with Gasteiger partial charge in [0.05, 0.1) is 16.1 Å². The van der Waals surface area contributed by atoms with E-state index in [1.165, 1.54) is 6.07 Å². The highest BCUT2D eigenvalue weighted by Gasteiger charge is 2.25. The zero-order valence-corrected chi connectivity index (χ0v) is 9.97. The predicted octanol–water partition coefficient (Wildman–Crippen LogP) is 2.05. The molecule has 0 heterocycles. The molecule has 2 atom stereocenters. The highest BCUT2D eigenvalue weighted by molar-refractivity contribution is 9.10. The fraction of sp³-hybridized carbons (Fsp3) is 0.333. The summed E-state index contributed by atoms with van der Waals surface area (Å²) in [5, 5.41) is 18.7. The molecular formula is C9H9BrF2O2S.